The Labute approximate surface area is 116 Å². The van der Waals surface area contributed by atoms with Crippen molar-refractivity contribution in [1.29, 1.82) is 0 Å². The molecule has 19 heavy (non-hydrogen) atoms. The summed E-state index contributed by atoms with van der Waals surface area (Å²) in [5.41, 5.74) is 3.66. The summed E-state index contributed by atoms with van der Waals surface area (Å²) in [4.78, 5) is 0. The molecule has 0 radical (unpaired) electrons. The second kappa shape index (κ2) is 8.68. The lowest BCUT2D eigenvalue weighted by Crippen LogP contribution is -2.14. The van der Waals surface area contributed by atoms with E-state index in [9.17, 15) is 0 Å². The summed E-state index contributed by atoms with van der Waals surface area (Å²) in [6.07, 6.45) is 5.88. The Kier molecular flexibility index (Phi) is 7.16. The largest absolute Gasteiger partial charge is 0.349 e. The minimum atomic E-state index is -0.253. The van der Waals surface area contributed by atoms with Gasteiger partial charge in [0.2, 0.25) is 0 Å². The van der Waals surface area contributed by atoms with Crippen LogP contribution in [0.2, 0.25) is 0 Å². The van der Waals surface area contributed by atoms with Crippen molar-refractivity contribution in [2.75, 3.05) is 13.2 Å². The van der Waals surface area contributed by atoms with E-state index in [1.54, 1.807) is 0 Å². The number of rotatable bonds is 7. The first-order valence-electron chi connectivity index (χ1n) is 6.82. The van der Waals surface area contributed by atoms with Crippen LogP contribution in [0.3, 0.4) is 0 Å². The first kappa shape index (κ1) is 15.7. The van der Waals surface area contributed by atoms with Crippen LogP contribution in [-0.4, -0.2) is 19.5 Å². The molecule has 0 atom stereocenters. The Morgan fingerprint density at radius 1 is 1.11 bits per heavy atom. The van der Waals surface area contributed by atoms with E-state index in [-0.39, 0.29) is 6.29 Å². The molecule has 1 rings (SSSR count). The van der Waals surface area contributed by atoms with Gasteiger partial charge in [-0.1, -0.05) is 47.6 Å². The van der Waals surface area contributed by atoms with Gasteiger partial charge in [-0.15, -0.1) is 0 Å². The standard InChI is InChI=1S/C17H24O2/c1-5-18-17(19-6-2)12-9-15(4)13-16-10-7-14(3)8-11-16/h7-13,17H,5-6H2,1-4H3. The van der Waals surface area contributed by atoms with Gasteiger partial charge in [0.05, 0.1) is 0 Å². The molecule has 0 saturated carbocycles. The lowest BCUT2D eigenvalue weighted by atomic mass is 10.1. The van der Waals surface area contributed by atoms with Crippen molar-refractivity contribution in [3.8, 4) is 0 Å². The molecule has 0 unspecified atom stereocenters. The fourth-order valence-electron chi connectivity index (χ4n) is 1.69. The summed E-state index contributed by atoms with van der Waals surface area (Å²) in [5, 5.41) is 0. The Bertz CT molecular complexity index is 409. The monoisotopic (exact) mass is 260 g/mol. The van der Waals surface area contributed by atoms with Crippen LogP contribution in [-0.2, 0) is 9.47 Å². The van der Waals surface area contributed by atoms with Crippen LogP contribution >= 0.6 is 0 Å². The van der Waals surface area contributed by atoms with Gasteiger partial charge < -0.3 is 9.47 Å². The molecule has 0 amide bonds. The highest BCUT2D eigenvalue weighted by molar-refractivity contribution is 5.55. The van der Waals surface area contributed by atoms with E-state index >= 15 is 0 Å². The third-order valence-corrected chi connectivity index (χ3v) is 2.65. The third kappa shape index (κ3) is 6.37. The number of ether oxygens (including phenoxy) is 2. The first-order valence-corrected chi connectivity index (χ1v) is 6.82. The van der Waals surface area contributed by atoms with E-state index in [0.29, 0.717) is 13.2 Å². The molecule has 0 saturated heterocycles. The number of allylic oxidation sites excluding steroid dienone is 2. The molecular weight excluding hydrogens is 236 g/mol. The van der Waals surface area contributed by atoms with E-state index in [1.807, 2.05) is 26.0 Å². The average Bonchev–Trinajstić information content (AvgIpc) is 2.39. The number of benzene rings is 1. The minimum absolute atomic E-state index is 0.253. The summed E-state index contributed by atoms with van der Waals surface area (Å²) in [7, 11) is 0. The fourth-order valence-corrected chi connectivity index (χ4v) is 1.69. The number of hydrogen-bond acceptors (Lipinski definition) is 2. The smallest absolute Gasteiger partial charge is 0.177 e. The molecule has 0 aromatic heterocycles. The van der Waals surface area contributed by atoms with Gasteiger partial charge in [-0.3, -0.25) is 0 Å². The van der Waals surface area contributed by atoms with E-state index in [0.717, 1.165) is 0 Å². The van der Waals surface area contributed by atoms with E-state index in [1.165, 1.54) is 16.7 Å². The van der Waals surface area contributed by atoms with Crippen molar-refractivity contribution in [1.82, 2.24) is 0 Å². The minimum Gasteiger partial charge on any atom is -0.349 e. The Balaban J connectivity index is 2.65. The molecule has 0 bridgehead atoms. The van der Waals surface area contributed by atoms with Crippen LogP contribution in [0.4, 0.5) is 0 Å². The molecule has 0 spiro atoms. The van der Waals surface area contributed by atoms with E-state index in [4.69, 9.17) is 9.47 Å². The highest BCUT2D eigenvalue weighted by Crippen LogP contribution is 2.10. The Morgan fingerprint density at radius 3 is 2.21 bits per heavy atom. The van der Waals surface area contributed by atoms with Crippen molar-refractivity contribution in [2.24, 2.45) is 0 Å². The second-order valence-electron chi connectivity index (χ2n) is 4.44. The topological polar surface area (TPSA) is 18.5 Å². The molecule has 2 nitrogen and oxygen atoms in total. The van der Waals surface area contributed by atoms with Crippen molar-refractivity contribution >= 4 is 6.08 Å². The van der Waals surface area contributed by atoms with E-state index in [2.05, 4.69) is 44.2 Å². The highest BCUT2D eigenvalue weighted by atomic mass is 16.7. The molecule has 104 valence electrons. The van der Waals surface area contributed by atoms with Crippen LogP contribution in [0, 0.1) is 6.92 Å². The van der Waals surface area contributed by atoms with Crippen LogP contribution in [0.5, 0.6) is 0 Å². The molecule has 0 N–H and O–H groups in total. The molecule has 0 aliphatic heterocycles. The second-order valence-corrected chi connectivity index (χ2v) is 4.44. The molecule has 1 aromatic carbocycles. The van der Waals surface area contributed by atoms with Crippen molar-refractivity contribution in [2.45, 2.75) is 34.0 Å². The van der Waals surface area contributed by atoms with Crippen molar-refractivity contribution < 1.29 is 9.47 Å². The van der Waals surface area contributed by atoms with Crippen molar-refractivity contribution in [3.63, 3.8) is 0 Å². The summed E-state index contributed by atoms with van der Waals surface area (Å²) in [6.45, 7) is 9.40. The Morgan fingerprint density at radius 2 is 1.68 bits per heavy atom. The molecule has 0 aliphatic rings. The predicted molar refractivity (Wildman–Crippen MR) is 81.0 cm³/mol. The molecule has 0 heterocycles. The van der Waals surface area contributed by atoms with Gasteiger partial charge in [0.15, 0.2) is 6.29 Å². The predicted octanol–water partition coefficient (Wildman–Crippen LogP) is 4.35. The highest BCUT2D eigenvalue weighted by Gasteiger charge is 2.01. The number of aryl methyl sites for hydroxylation is 1. The van der Waals surface area contributed by atoms with Gasteiger partial charge in [-0.2, -0.15) is 0 Å². The quantitative estimate of drug-likeness (QED) is 0.536. The van der Waals surface area contributed by atoms with Gasteiger partial charge in [0.1, 0.15) is 0 Å². The zero-order valence-corrected chi connectivity index (χ0v) is 12.3. The average molecular weight is 260 g/mol. The normalized spacial score (nSPS) is 12.6. The maximum absolute atomic E-state index is 5.46. The van der Waals surface area contributed by atoms with Crippen LogP contribution in [0.15, 0.2) is 42.0 Å². The molecule has 0 fully saturated rings. The van der Waals surface area contributed by atoms with Crippen molar-refractivity contribution in [3.05, 3.63) is 53.1 Å². The van der Waals surface area contributed by atoms with Gasteiger partial charge in [-0.05, 0) is 39.3 Å². The van der Waals surface area contributed by atoms with Crippen LogP contribution in [0.25, 0.3) is 6.08 Å². The lowest BCUT2D eigenvalue weighted by molar-refractivity contribution is -0.103. The molecule has 2 heteroatoms. The maximum Gasteiger partial charge on any atom is 0.177 e. The molecule has 1 aromatic rings. The zero-order chi connectivity index (χ0) is 14.1. The van der Waals surface area contributed by atoms with Gasteiger partial charge in [-0.25, -0.2) is 0 Å². The molecular formula is C17H24O2. The van der Waals surface area contributed by atoms with Gasteiger partial charge >= 0.3 is 0 Å². The van der Waals surface area contributed by atoms with E-state index < -0.39 is 0 Å². The fraction of sp³-hybridized carbons (Fsp3) is 0.412. The maximum atomic E-state index is 5.46. The third-order valence-electron chi connectivity index (χ3n) is 2.65. The SMILES string of the molecule is CCOC(C=CC(C)=Cc1ccc(C)cc1)OCC. The summed E-state index contributed by atoms with van der Waals surface area (Å²) in [5.74, 6) is 0. The van der Waals surface area contributed by atoms with Crippen LogP contribution in [0.1, 0.15) is 31.9 Å². The lowest BCUT2D eigenvalue weighted by Gasteiger charge is -2.12. The Hall–Kier alpha value is -1.38. The van der Waals surface area contributed by atoms with Gasteiger partial charge in [0, 0.05) is 13.2 Å². The first-order chi connectivity index (χ1) is 9.15. The van der Waals surface area contributed by atoms with Crippen LogP contribution < -0.4 is 0 Å². The summed E-state index contributed by atoms with van der Waals surface area (Å²) in [6, 6.07) is 8.47. The summed E-state index contributed by atoms with van der Waals surface area (Å²) >= 11 is 0. The van der Waals surface area contributed by atoms with Gasteiger partial charge in [0.25, 0.3) is 0 Å². The zero-order valence-electron chi connectivity index (χ0n) is 12.3. The number of hydrogen-bond donors (Lipinski definition) is 0. The summed E-state index contributed by atoms with van der Waals surface area (Å²) < 4.78 is 10.9. The molecule has 0 aliphatic carbocycles.